The van der Waals surface area contributed by atoms with Crippen molar-refractivity contribution in [1.29, 1.82) is 0 Å². The number of morpholine rings is 1. The zero-order valence-electron chi connectivity index (χ0n) is 19.4. The predicted octanol–water partition coefficient (Wildman–Crippen LogP) is 2.83. The molecule has 0 radical (unpaired) electrons. The molecule has 2 saturated heterocycles. The van der Waals surface area contributed by atoms with Gasteiger partial charge in [0.1, 0.15) is 11.6 Å². The predicted molar refractivity (Wildman–Crippen MR) is 128 cm³/mol. The zero-order valence-corrected chi connectivity index (χ0v) is 19.4. The molecule has 4 aromatic rings. The van der Waals surface area contributed by atoms with Gasteiger partial charge in [0.05, 0.1) is 30.8 Å². The molecule has 2 aliphatic heterocycles. The molecule has 0 aliphatic carbocycles. The van der Waals surface area contributed by atoms with Crippen LogP contribution >= 0.6 is 0 Å². The molecular formula is C24H30N8O. The summed E-state index contributed by atoms with van der Waals surface area (Å²) in [4.78, 5) is 24.7. The fraction of sp³-hybridized carbons (Fsp3) is 0.500. The maximum Gasteiger partial charge on any atom is 0.239 e. The van der Waals surface area contributed by atoms with Crippen LogP contribution in [0.15, 0.2) is 24.3 Å². The number of aromatic nitrogens is 6. The summed E-state index contributed by atoms with van der Waals surface area (Å²) >= 11 is 0. The van der Waals surface area contributed by atoms with Gasteiger partial charge in [-0.2, -0.15) is 9.97 Å². The molecular weight excluding hydrogens is 416 g/mol. The van der Waals surface area contributed by atoms with Gasteiger partial charge in [0.25, 0.3) is 0 Å². The molecule has 5 heterocycles. The Balaban J connectivity index is 1.52. The van der Waals surface area contributed by atoms with Crippen LogP contribution in [0, 0.1) is 6.92 Å². The number of imidazole rings is 2. The Hall–Kier alpha value is -3.04. The fourth-order valence-corrected chi connectivity index (χ4v) is 5.03. The number of benzene rings is 1. The van der Waals surface area contributed by atoms with Crippen molar-refractivity contribution in [3.8, 4) is 5.95 Å². The van der Waals surface area contributed by atoms with Crippen LogP contribution in [0.5, 0.6) is 0 Å². The third-order valence-corrected chi connectivity index (χ3v) is 6.83. The first-order valence-corrected chi connectivity index (χ1v) is 11.9. The minimum absolute atomic E-state index is 0.641. The summed E-state index contributed by atoms with van der Waals surface area (Å²) in [5.74, 6) is 3.44. The number of fused-ring (bicyclic) bond motifs is 2. The normalized spacial score (nSPS) is 17.9. The quantitative estimate of drug-likeness (QED) is 0.477. The van der Waals surface area contributed by atoms with Crippen molar-refractivity contribution in [2.45, 2.75) is 32.7 Å². The van der Waals surface area contributed by atoms with Crippen molar-refractivity contribution in [1.82, 2.24) is 34.0 Å². The van der Waals surface area contributed by atoms with Crippen LogP contribution in [0.4, 0.5) is 5.82 Å². The molecule has 0 amide bonds. The van der Waals surface area contributed by atoms with Crippen molar-refractivity contribution >= 4 is 28.0 Å². The second-order valence-corrected chi connectivity index (χ2v) is 9.03. The Bertz CT molecular complexity index is 1300. The second kappa shape index (κ2) is 8.39. The van der Waals surface area contributed by atoms with Gasteiger partial charge in [0, 0.05) is 20.1 Å². The first kappa shape index (κ1) is 20.6. The van der Waals surface area contributed by atoms with Gasteiger partial charge in [0.2, 0.25) is 5.95 Å². The summed E-state index contributed by atoms with van der Waals surface area (Å²) in [6, 6.07) is 8.14. The molecule has 0 N–H and O–H groups in total. The second-order valence-electron chi connectivity index (χ2n) is 9.03. The third kappa shape index (κ3) is 3.65. The van der Waals surface area contributed by atoms with Crippen molar-refractivity contribution < 1.29 is 4.74 Å². The lowest BCUT2D eigenvalue weighted by Crippen LogP contribution is -2.37. The van der Waals surface area contributed by atoms with Crippen LogP contribution in [0.25, 0.3) is 28.1 Å². The first-order valence-electron chi connectivity index (χ1n) is 11.9. The lowest BCUT2D eigenvalue weighted by molar-refractivity contribution is 0.122. The number of rotatable bonds is 4. The SMILES string of the molecule is Cc1nc2ccccc2n1-c1nc(N2CCOCC2)c2nc(CN3CCCCC3)n(C)c2n1. The Morgan fingerprint density at radius 1 is 0.909 bits per heavy atom. The number of aryl methyl sites for hydroxylation is 2. The molecule has 2 fully saturated rings. The monoisotopic (exact) mass is 446 g/mol. The van der Waals surface area contributed by atoms with Gasteiger partial charge in [-0.15, -0.1) is 0 Å². The van der Waals surface area contributed by atoms with E-state index in [1.165, 1.54) is 19.3 Å². The zero-order chi connectivity index (χ0) is 22.4. The van der Waals surface area contributed by atoms with Gasteiger partial charge in [-0.3, -0.25) is 9.47 Å². The van der Waals surface area contributed by atoms with E-state index in [9.17, 15) is 0 Å². The lowest BCUT2D eigenvalue weighted by atomic mass is 10.1. The van der Waals surface area contributed by atoms with E-state index in [-0.39, 0.29) is 0 Å². The molecule has 3 aromatic heterocycles. The fourth-order valence-electron chi connectivity index (χ4n) is 5.03. The Labute approximate surface area is 193 Å². The van der Waals surface area contributed by atoms with E-state index in [0.29, 0.717) is 19.2 Å². The highest BCUT2D eigenvalue weighted by Crippen LogP contribution is 2.28. The molecule has 0 spiro atoms. The maximum atomic E-state index is 5.61. The van der Waals surface area contributed by atoms with E-state index in [0.717, 1.165) is 72.4 Å². The van der Waals surface area contributed by atoms with Gasteiger partial charge >= 0.3 is 0 Å². The van der Waals surface area contributed by atoms with Crippen LogP contribution in [-0.4, -0.2) is 73.4 Å². The van der Waals surface area contributed by atoms with Gasteiger partial charge in [-0.05, 0) is 45.0 Å². The minimum atomic E-state index is 0.641. The number of ether oxygens (including phenoxy) is 1. The highest BCUT2D eigenvalue weighted by atomic mass is 16.5. The van der Waals surface area contributed by atoms with E-state index in [1.54, 1.807) is 0 Å². The van der Waals surface area contributed by atoms with Crippen LogP contribution < -0.4 is 4.90 Å². The number of likely N-dealkylation sites (tertiary alicyclic amines) is 1. The molecule has 9 nitrogen and oxygen atoms in total. The van der Waals surface area contributed by atoms with Crippen LogP contribution in [-0.2, 0) is 18.3 Å². The Kier molecular flexibility index (Phi) is 5.22. The average molecular weight is 447 g/mol. The summed E-state index contributed by atoms with van der Waals surface area (Å²) in [5.41, 5.74) is 3.70. The number of hydrogen-bond acceptors (Lipinski definition) is 7. The van der Waals surface area contributed by atoms with Crippen LogP contribution in [0.2, 0.25) is 0 Å². The van der Waals surface area contributed by atoms with E-state index < -0.39 is 0 Å². The number of nitrogens with zero attached hydrogens (tertiary/aromatic N) is 8. The van der Waals surface area contributed by atoms with E-state index in [2.05, 4.69) is 32.0 Å². The minimum Gasteiger partial charge on any atom is -0.378 e. The highest BCUT2D eigenvalue weighted by Gasteiger charge is 2.24. The summed E-state index contributed by atoms with van der Waals surface area (Å²) < 4.78 is 9.81. The van der Waals surface area contributed by atoms with Gasteiger partial charge < -0.3 is 14.2 Å². The highest BCUT2D eigenvalue weighted by molar-refractivity contribution is 5.86. The number of anilines is 1. The summed E-state index contributed by atoms with van der Waals surface area (Å²) in [6.07, 6.45) is 3.85. The Morgan fingerprint density at radius 2 is 1.70 bits per heavy atom. The molecule has 2 aliphatic rings. The topological polar surface area (TPSA) is 77.1 Å². The van der Waals surface area contributed by atoms with E-state index in [1.807, 2.05) is 25.1 Å². The number of piperidine rings is 1. The molecule has 9 heteroatoms. The molecule has 6 rings (SSSR count). The van der Waals surface area contributed by atoms with Gasteiger partial charge in [0.15, 0.2) is 17.0 Å². The van der Waals surface area contributed by atoms with Crippen LogP contribution in [0.3, 0.4) is 0 Å². The van der Waals surface area contributed by atoms with E-state index in [4.69, 9.17) is 24.7 Å². The lowest BCUT2D eigenvalue weighted by Gasteiger charge is -2.28. The molecule has 0 atom stereocenters. The molecule has 0 bridgehead atoms. The first-order chi connectivity index (χ1) is 16.2. The molecule has 172 valence electrons. The average Bonchev–Trinajstić information content (AvgIpc) is 3.35. The van der Waals surface area contributed by atoms with Crippen molar-refractivity contribution in [3.63, 3.8) is 0 Å². The molecule has 1 aromatic carbocycles. The maximum absolute atomic E-state index is 5.61. The molecule has 33 heavy (non-hydrogen) atoms. The van der Waals surface area contributed by atoms with Crippen molar-refractivity contribution in [2.24, 2.45) is 7.05 Å². The summed E-state index contributed by atoms with van der Waals surface area (Å²) in [6.45, 7) is 8.11. The summed E-state index contributed by atoms with van der Waals surface area (Å²) in [5, 5.41) is 0. The van der Waals surface area contributed by atoms with Crippen molar-refractivity contribution in [3.05, 3.63) is 35.9 Å². The molecule has 0 saturated carbocycles. The third-order valence-electron chi connectivity index (χ3n) is 6.83. The van der Waals surface area contributed by atoms with Gasteiger partial charge in [-0.1, -0.05) is 18.6 Å². The largest absolute Gasteiger partial charge is 0.378 e. The number of hydrogen-bond donors (Lipinski definition) is 0. The summed E-state index contributed by atoms with van der Waals surface area (Å²) in [7, 11) is 2.08. The standard InChI is InChI=1S/C24H30N8O/c1-17-25-18-8-4-5-9-19(18)32(17)24-27-22-21(23(28-24)31-12-14-33-15-13-31)26-20(29(22)2)16-30-10-6-3-7-11-30/h4-5,8-9H,3,6-7,10-16H2,1-2H3. The van der Waals surface area contributed by atoms with Crippen molar-refractivity contribution in [2.75, 3.05) is 44.3 Å². The smallest absolute Gasteiger partial charge is 0.239 e. The van der Waals surface area contributed by atoms with Gasteiger partial charge in [-0.25, -0.2) is 9.97 Å². The molecule has 0 unspecified atom stereocenters. The number of para-hydroxylation sites is 2. The Morgan fingerprint density at radius 3 is 2.52 bits per heavy atom. The van der Waals surface area contributed by atoms with E-state index >= 15 is 0 Å². The van der Waals surface area contributed by atoms with Crippen LogP contribution in [0.1, 0.15) is 30.9 Å².